The second-order valence-corrected chi connectivity index (χ2v) is 13.0. The van der Waals surface area contributed by atoms with Crippen LogP contribution in [0.4, 0.5) is 0 Å². The fourth-order valence-electron chi connectivity index (χ4n) is 1.35. The summed E-state index contributed by atoms with van der Waals surface area (Å²) < 4.78 is 6.08. The predicted molar refractivity (Wildman–Crippen MR) is 89.1 cm³/mol. The molecule has 0 aromatic rings. The zero-order chi connectivity index (χ0) is 14.2. The first-order valence-electron chi connectivity index (χ1n) is 7.10. The number of allylic oxidation sites excluding steroid dienone is 1. The lowest BCUT2D eigenvalue weighted by Gasteiger charge is -2.35. The van der Waals surface area contributed by atoms with Gasteiger partial charge >= 0.3 is 0 Å². The van der Waals surface area contributed by atoms with E-state index in [2.05, 4.69) is 68.9 Å². The number of rotatable bonds is 8. The van der Waals surface area contributed by atoms with Gasteiger partial charge in [-0.25, -0.2) is 0 Å². The highest BCUT2D eigenvalue weighted by molar-refractivity contribution is 9.09. The molecule has 0 aromatic carbocycles. The zero-order valence-electron chi connectivity index (χ0n) is 13.1. The number of hydrogen-bond donors (Lipinski definition) is 0. The standard InChI is InChI=1S/C15H31BrOSi/c1-14(16)12-10-8-7-9-11-13-17-18(5,6)15(2,3)4/h9,11,14H,7-8,10,12-13H2,1-6H3/b11-9+. The molecular formula is C15H31BrOSi. The van der Waals surface area contributed by atoms with Gasteiger partial charge in [0.25, 0.3) is 0 Å². The maximum Gasteiger partial charge on any atom is 0.192 e. The Hall–Kier alpha value is 0.397. The summed E-state index contributed by atoms with van der Waals surface area (Å²) in [5.74, 6) is 0. The van der Waals surface area contributed by atoms with Crippen LogP contribution in [0.15, 0.2) is 12.2 Å². The minimum atomic E-state index is -1.55. The number of alkyl halides is 1. The van der Waals surface area contributed by atoms with Crippen LogP contribution in [-0.4, -0.2) is 19.8 Å². The third-order valence-corrected chi connectivity index (χ3v) is 8.69. The minimum absolute atomic E-state index is 0.312. The molecule has 0 radical (unpaired) electrons. The largest absolute Gasteiger partial charge is 0.413 e. The normalized spacial score (nSPS) is 15.3. The Labute approximate surface area is 124 Å². The Morgan fingerprint density at radius 1 is 1.17 bits per heavy atom. The molecule has 0 aliphatic heterocycles. The molecule has 3 heteroatoms. The molecule has 0 amide bonds. The van der Waals surface area contributed by atoms with Crippen LogP contribution in [0.5, 0.6) is 0 Å². The van der Waals surface area contributed by atoms with Crippen LogP contribution in [0.3, 0.4) is 0 Å². The Morgan fingerprint density at radius 2 is 1.78 bits per heavy atom. The summed E-state index contributed by atoms with van der Waals surface area (Å²) in [6, 6.07) is 0. The molecule has 0 saturated heterocycles. The van der Waals surface area contributed by atoms with Gasteiger partial charge in [-0.1, -0.05) is 62.2 Å². The number of hydrogen-bond acceptors (Lipinski definition) is 1. The van der Waals surface area contributed by atoms with Crippen molar-refractivity contribution in [2.75, 3.05) is 6.61 Å². The van der Waals surface area contributed by atoms with Gasteiger partial charge in [0.15, 0.2) is 8.32 Å². The molecule has 0 spiro atoms. The van der Waals surface area contributed by atoms with Gasteiger partial charge in [0, 0.05) is 4.83 Å². The zero-order valence-corrected chi connectivity index (χ0v) is 15.6. The topological polar surface area (TPSA) is 9.23 Å². The van der Waals surface area contributed by atoms with Gasteiger partial charge in [0.05, 0.1) is 6.61 Å². The molecule has 18 heavy (non-hydrogen) atoms. The molecule has 1 nitrogen and oxygen atoms in total. The lowest BCUT2D eigenvalue weighted by molar-refractivity contribution is 0.327. The summed E-state index contributed by atoms with van der Waals surface area (Å²) >= 11 is 3.58. The van der Waals surface area contributed by atoms with Crippen molar-refractivity contribution in [3.8, 4) is 0 Å². The quantitative estimate of drug-likeness (QED) is 0.232. The van der Waals surface area contributed by atoms with Gasteiger partial charge in [0.2, 0.25) is 0 Å². The number of halogens is 1. The highest BCUT2D eigenvalue weighted by atomic mass is 79.9. The SMILES string of the molecule is CC(Br)CCCC/C=C/CO[Si](C)(C)C(C)(C)C. The van der Waals surface area contributed by atoms with Gasteiger partial charge < -0.3 is 4.43 Å². The lowest BCUT2D eigenvalue weighted by Crippen LogP contribution is -2.40. The first kappa shape index (κ1) is 18.4. The smallest absolute Gasteiger partial charge is 0.192 e. The van der Waals surface area contributed by atoms with Crippen LogP contribution in [0, 0.1) is 0 Å². The minimum Gasteiger partial charge on any atom is -0.413 e. The van der Waals surface area contributed by atoms with Crippen molar-refractivity contribution >= 4 is 24.2 Å². The summed E-state index contributed by atoms with van der Waals surface area (Å²) in [7, 11) is -1.55. The number of unbranched alkanes of at least 4 members (excludes halogenated alkanes) is 2. The monoisotopic (exact) mass is 334 g/mol. The van der Waals surface area contributed by atoms with E-state index in [1.165, 1.54) is 25.7 Å². The summed E-state index contributed by atoms with van der Waals surface area (Å²) in [4.78, 5) is 0.656. The van der Waals surface area contributed by atoms with Crippen LogP contribution in [0.1, 0.15) is 53.4 Å². The average Bonchev–Trinajstić information content (AvgIpc) is 2.19. The summed E-state index contributed by atoms with van der Waals surface area (Å²) in [6.07, 6.45) is 9.51. The van der Waals surface area contributed by atoms with Crippen molar-refractivity contribution in [3.63, 3.8) is 0 Å². The van der Waals surface area contributed by atoms with Crippen LogP contribution < -0.4 is 0 Å². The lowest BCUT2D eigenvalue weighted by atomic mass is 10.1. The molecule has 1 atom stereocenters. The van der Waals surface area contributed by atoms with E-state index in [0.29, 0.717) is 9.87 Å². The maximum absolute atomic E-state index is 6.08. The fraction of sp³-hybridized carbons (Fsp3) is 0.867. The van der Waals surface area contributed by atoms with E-state index >= 15 is 0 Å². The molecular weight excluding hydrogens is 304 g/mol. The van der Waals surface area contributed by atoms with E-state index in [9.17, 15) is 0 Å². The Kier molecular flexibility index (Phi) is 8.73. The van der Waals surface area contributed by atoms with Crippen LogP contribution in [0.2, 0.25) is 18.1 Å². The van der Waals surface area contributed by atoms with E-state index in [0.717, 1.165) is 6.61 Å². The summed E-state index contributed by atoms with van der Waals surface area (Å²) in [5.41, 5.74) is 0. The first-order chi connectivity index (χ1) is 8.17. The summed E-state index contributed by atoms with van der Waals surface area (Å²) in [5, 5.41) is 0.312. The Morgan fingerprint density at radius 3 is 2.28 bits per heavy atom. The average molecular weight is 335 g/mol. The fourth-order valence-corrected chi connectivity index (χ4v) is 2.62. The highest BCUT2D eigenvalue weighted by Crippen LogP contribution is 2.36. The molecule has 0 aliphatic carbocycles. The van der Waals surface area contributed by atoms with Crippen molar-refractivity contribution in [1.29, 1.82) is 0 Å². The second kappa shape index (κ2) is 8.54. The first-order valence-corrected chi connectivity index (χ1v) is 10.9. The third-order valence-electron chi connectivity index (χ3n) is 3.74. The van der Waals surface area contributed by atoms with E-state index < -0.39 is 8.32 Å². The third kappa shape index (κ3) is 8.49. The van der Waals surface area contributed by atoms with Gasteiger partial charge in [-0.15, -0.1) is 0 Å². The van der Waals surface area contributed by atoms with E-state index in [1.807, 2.05) is 0 Å². The van der Waals surface area contributed by atoms with Gasteiger partial charge in [-0.2, -0.15) is 0 Å². The Bertz CT molecular complexity index is 241. The van der Waals surface area contributed by atoms with Crippen LogP contribution >= 0.6 is 15.9 Å². The van der Waals surface area contributed by atoms with E-state index in [-0.39, 0.29) is 0 Å². The Balaban J connectivity index is 3.66. The van der Waals surface area contributed by atoms with Crippen molar-refractivity contribution in [2.45, 2.75) is 76.3 Å². The molecule has 108 valence electrons. The predicted octanol–water partition coefficient (Wildman–Crippen LogP) is 5.91. The van der Waals surface area contributed by atoms with Gasteiger partial charge in [-0.05, 0) is 37.4 Å². The molecule has 0 aromatic heterocycles. The van der Waals surface area contributed by atoms with Crippen molar-refractivity contribution < 1.29 is 4.43 Å². The molecule has 0 N–H and O–H groups in total. The molecule has 0 saturated carbocycles. The molecule has 0 fully saturated rings. The van der Waals surface area contributed by atoms with Gasteiger partial charge in [0.1, 0.15) is 0 Å². The van der Waals surface area contributed by atoms with Crippen molar-refractivity contribution in [2.24, 2.45) is 0 Å². The molecule has 0 bridgehead atoms. The van der Waals surface area contributed by atoms with E-state index in [1.54, 1.807) is 0 Å². The summed E-state index contributed by atoms with van der Waals surface area (Å²) in [6.45, 7) is 14.4. The van der Waals surface area contributed by atoms with Crippen LogP contribution in [-0.2, 0) is 4.43 Å². The van der Waals surface area contributed by atoms with Gasteiger partial charge in [-0.3, -0.25) is 0 Å². The van der Waals surface area contributed by atoms with Crippen molar-refractivity contribution in [3.05, 3.63) is 12.2 Å². The van der Waals surface area contributed by atoms with E-state index in [4.69, 9.17) is 4.43 Å². The van der Waals surface area contributed by atoms with Crippen molar-refractivity contribution in [1.82, 2.24) is 0 Å². The molecule has 0 aliphatic rings. The molecule has 0 heterocycles. The second-order valence-electron chi connectivity index (χ2n) is 6.61. The van der Waals surface area contributed by atoms with Crippen LogP contribution in [0.25, 0.3) is 0 Å². The maximum atomic E-state index is 6.08. The highest BCUT2D eigenvalue weighted by Gasteiger charge is 2.36. The molecule has 1 unspecified atom stereocenters. The molecule has 0 rings (SSSR count).